The van der Waals surface area contributed by atoms with Crippen LogP contribution < -0.4 is 0 Å². The number of aromatic nitrogens is 3. The fourth-order valence-corrected chi connectivity index (χ4v) is 3.34. The summed E-state index contributed by atoms with van der Waals surface area (Å²) in [5, 5.41) is 8.23. The third-order valence-corrected chi connectivity index (χ3v) is 5.12. The maximum Gasteiger partial charge on any atom is 0.211 e. The molecule has 2 aromatic rings. The Labute approximate surface area is 140 Å². The molecule has 0 amide bonds. The van der Waals surface area contributed by atoms with Gasteiger partial charge in [0.2, 0.25) is 10.0 Å². The Balaban J connectivity index is 1.86. The highest BCUT2D eigenvalue weighted by Gasteiger charge is 2.23. The van der Waals surface area contributed by atoms with Gasteiger partial charge in [-0.1, -0.05) is 18.2 Å². The summed E-state index contributed by atoms with van der Waals surface area (Å²) >= 11 is 0. The molecule has 2 heterocycles. The highest BCUT2D eigenvalue weighted by atomic mass is 32.2. The van der Waals surface area contributed by atoms with E-state index in [1.165, 1.54) is 10.4 Å². The van der Waals surface area contributed by atoms with Crippen LogP contribution in [-0.2, 0) is 40.8 Å². The number of nitrogens with zero attached hydrogens (tertiary/aromatic N) is 4. The molecule has 0 spiro atoms. The first-order chi connectivity index (χ1) is 11.4. The second-order valence-electron chi connectivity index (χ2n) is 5.67. The number of ether oxygens (including phenoxy) is 1. The van der Waals surface area contributed by atoms with E-state index >= 15 is 0 Å². The Morgan fingerprint density at radius 1 is 1.25 bits per heavy atom. The third kappa shape index (κ3) is 3.80. The van der Waals surface area contributed by atoms with Gasteiger partial charge in [0.05, 0.1) is 26.0 Å². The lowest BCUT2D eigenvalue weighted by atomic mass is 10.2. The van der Waals surface area contributed by atoms with E-state index in [9.17, 15) is 12.8 Å². The van der Waals surface area contributed by atoms with Gasteiger partial charge in [-0.05, 0) is 6.07 Å². The van der Waals surface area contributed by atoms with Crippen LogP contribution in [0.5, 0.6) is 0 Å². The summed E-state index contributed by atoms with van der Waals surface area (Å²) in [7, 11) is -3.54. The minimum Gasteiger partial charge on any atom is -0.379 e. The highest BCUT2D eigenvalue weighted by Crippen LogP contribution is 2.16. The van der Waals surface area contributed by atoms with E-state index in [2.05, 4.69) is 10.2 Å². The van der Waals surface area contributed by atoms with Crippen LogP contribution in [-0.4, -0.2) is 47.0 Å². The lowest BCUT2D eigenvalue weighted by Crippen LogP contribution is -2.31. The lowest BCUT2D eigenvalue weighted by Gasteiger charge is -2.20. The van der Waals surface area contributed by atoms with Gasteiger partial charge < -0.3 is 9.30 Å². The van der Waals surface area contributed by atoms with Crippen LogP contribution in [0.3, 0.4) is 0 Å². The Morgan fingerprint density at radius 3 is 2.79 bits per heavy atom. The third-order valence-electron chi connectivity index (χ3n) is 3.92. The van der Waals surface area contributed by atoms with Crippen LogP contribution >= 0.6 is 0 Å². The first kappa shape index (κ1) is 17.0. The maximum atomic E-state index is 13.9. The smallest absolute Gasteiger partial charge is 0.211 e. The van der Waals surface area contributed by atoms with Crippen molar-refractivity contribution in [2.45, 2.75) is 26.1 Å². The van der Waals surface area contributed by atoms with Crippen LogP contribution in [0.2, 0.25) is 0 Å². The van der Waals surface area contributed by atoms with E-state index in [0.717, 1.165) is 12.1 Å². The summed E-state index contributed by atoms with van der Waals surface area (Å²) in [6, 6.07) is 6.14. The molecule has 0 N–H and O–H groups in total. The van der Waals surface area contributed by atoms with Crippen LogP contribution in [0.4, 0.5) is 4.39 Å². The van der Waals surface area contributed by atoms with Gasteiger partial charge in [0.1, 0.15) is 17.5 Å². The van der Waals surface area contributed by atoms with Crippen molar-refractivity contribution in [2.75, 3.05) is 19.5 Å². The van der Waals surface area contributed by atoms with Crippen LogP contribution in [0, 0.1) is 5.82 Å². The molecule has 0 bridgehead atoms. The van der Waals surface area contributed by atoms with E-state index in [1.807, 2.05) is 4.57 Å². The number of sulfonamides is 1. The number of hydrogen-bond acceptors (Lipinski definition) is 5. The van der Waals surface area contributed by atoms with Crippen molar-refractivity contribution < 1.29 is 17.5 Å². The van der Waals surface area contributed by atoms with Gasteiger partial charge in [0.15, 0.2) is 0 Å². The Morgan fingerprint density at radius 2 is 2.04 bits per heavy atom. The topological polar surface area (TPSA) is 77.3 Å². The second-order valence-corrected chi connectivity index (χ2v) is 7.65. The van der Waals surface area contributed by atoms with E-state index in [4.69, 9.17) is 4.74 Å². The highest BCUT2D eigenvalue weighted by molar-refractivity contribution is 7.88. The van der Waals surface area contributed by atoms with Crippen molar-refractivity contribution in [3.05, 3.63) is 47.3 Å². The summed E-state index contributed by atoms with van der Waals surface area (Å²) in [6.07, 6.45) is 1.75. The lowest BCUT2D eigenvalue weighted by molar-refractivity contribution is 0.139. The minimum absolute atomic E-state index is 0.0418. The predicted molar refractivity (Wildman–Crippen MR) is 85.0 cm³/mol. The van der Waals surface area contributed by atoms with Crippen molar-refractivity contribution >= 4 is 10.0 Å². The number of fused-ring (bicyclic) bond motifs is 1. The van der Waals surface area contributed by atoms with Gasteiger partial charge in [-0.2, -0.15) is 4.31 Å². The summed E-state index contributed by atoms with van der Waals surface area (Å²) in [5.41, 5.74) is 0.321. The summed E-state index contributed by atoms with van der Waals surface area (Å²) < 4.78 is 46.6. The largest absolute Gasteiger partial charge is 0.379 e. The summed E-state index contributed by atoms with van der Waals surface area (Å²) in [5.74, 6) is 0.888. The molecule has 7 nitrogen and oxygen atoms in total. The number of rotatable bonds is 5. The van der Waals surface area contributed by atoms with Gasteiger partial charge in [-0.3, -0.25) is 0 Å². The average Bonchev–Trinajstić information content (AvgIpc) is 2.75. The number of benzene rings is 1. The molecule has 1 aromatic carbocycles. The number of halogens is 1. The van der Waals surface area contributed by atoms with E-state index in [0.29, 0.717) is 37.6 Å². The zero-order chi connectivity index (χ0) is 17.2. The molecule has 0 saturated carbocycles. The van der Waals surface area contributed by atoms with Crippen molar-refractivity contribution in [3.63, 3.8) is 0 Å². The van der Waals surface area contributed by atoms with Gasteiger partial charge in [0.25, 0.3) is 0 Å². The molecular weight excluding hydrogens is 335 g/mol. The number of hydrogen-bond donors (Lipinski definition) is 0. The fraction of sp³-hybridized carbons (Fsp3) is 0.467. The van der Waals surface area contributed by atoms with E-state index in [-0.39, 0.29) is 13.1 Å². The predicted octanol–water partition coefficient (Wildman–Crippen LogP) is 0.952. The Bertz CT molecular complexity index is 822. The molecule has 0 unspecified atom stereocenters. The van der Waals surface area contributed by atoms with Crippen molar-refractivity contribution in [1.82, 2.24) is 19.1 Å². The molecule has 0 radical (unpaired) electrons. The van der Waals surface area contributed by atoms with Gasteiger partial charge in [0, 0.05) is 25.1 Å². The van der Waals surface area contributed by atoms with Crippen molar-refractivity contribution in [2.24, 2.45) is 0 Å². The van der Waals surface area contributed by atoms with Crippen molar-refractivity contribution in [3.8, 4) is 0 Å². The quantitative estimate of drug-likeness (QED) is 0.799. The molecule has 9 heteroatoms. The van der Waals surface area contributed by atoms with Crippen LogP contribution in [0.15, 0.2) is 24.3 Å². The summed E-state index contributed by atoms with van der Waals surface area (Å²) in [4.78, 5) is 0. The molecule has 1 aliphatic rings. The van der Waals surface area contributed by atoms with Crippen molar-refractivity contribution in [1.29, 1.82) is 0 Å². The molecule has 0 saturated heterocycles. The monoisotopic (exact) mass is 354 g/mol. The van der Waals surface area contributed by atoms with E-state index < -0.39 is 15.8 Å². The van der Waals surface area contributed by atoms with Gasteiger partial charge >= 0.3 is 0 Å². The standard InChI is InChI=1S/C15H19FN4O3S/c1-24(21,22)19(10-12-4-2-3-5-13(12)16)11-15-18-17-14-6-8-23-9-7-20(14)15/h2-5H,6-11H2,1H3. The van der Waals surface area contributed by atoms with Crippen LogP contribution in [0.1, 0.15) is 17.2 Å². The van der Waals surface area contributed by atoms with Gasteiger partial charge in [-0.15, -0.1) is 10.2 Å². The maximum absolute atomic E-state index is 13.9. The zero-order valence-electron chi connectivity index (χ0n) is 13.4. The molecule has 1 aliphatic heterocycles. The first-order valence-corrected chi connectivity index (χ1v) is 9.47. The SMILES string of the molecule is CS(=O)(=O)N(Cc1ccccc1F)Cc1nnc2n1CCOCC2. The van der Waals surface area contributed by atoms with Gasteiger partial charge in [-0.25, -0.2) is 12.8 Å². The molecule has 3 rings (SSSR count). The Kier molecular flexibility index (Phi) is 4.93. The zero-order valence-corrected chi connectivity index (χ0v) is 14.2. The molecule has 0 fully saturated rings. The second kappa shape index (κ2) is 6.96. The molecular formula is C15H19FN4O3S. The molecule has 1 aromatic heterocycles. The normalized spacial score (nSPS) is 15.3. The molecule has 24 heavy (non-hydrogen) atoms. The minimum atomic E-state index is -3.54. The van der Waals surface area contributed by atoms with Crippen LogP contribution in [0.25, 0.3) is 0 Å². The van der Waals surface area contributed by atoms with E-state index in [1.54, 1.807) is 18.2 Å². The Hall–Kier alpha value is -1.84. The summed E-state index contributed by atoms with van der Waals surface area (Å²) in [6.45, 7) is 1.67. The molecule has 0 atom stereocenters. The first-order valence-electron chi connectivity index (χ1n) is 7.62. The molecule has 0 aliphatic carbocycles. The fourth-order valence-electron chi connectivity index (χ4n) is 2.62. The molecule has 130 valence electrons. The average molecular weight is 354 g/mol.